The molecule has 2 N–H and O–H groups in total. The molecule has 0 aromatic rings. The minimum Gasteiger partial charge on any atom is -0.444 e. The van der Waals surface area contributed by atoms with Gasteiger partial charge in [-0.25, -0.2) is 4.79 Å². The van der Waals surface area contributed by atoms with Crippen LogP contribution < -0.4 is 10.6 Å². The van der Waals surface area contributed by atoms with Crippen molar-refractivity contribution in [1.82, 2.24) is 10.6 Å². The maximum atomic E-state index is 11.8. The molecular weight excluding hydrogens is 292 g/mol. The normalized spacial score (nSPS) is 21.7. The molecule has 2 unspecified atom stereocenters. The first-order valence-corrected chi connectivity index (χ1v) is 8.81. The van der Waals surface area contributed by atoms with Gasteiger partial charge >= 0.3 is 6.09 Å². The van der Waals surface area contributed by atoms with Crippen molar-refractivity contribution in [2.24, 2.45) is 5.92 Å². The third-order valence-corrected chi connectivity index (χ3v) is 3.94. The molecule has 1 aliphatic carbocycles. The Labute approximate surface area is 141 Å². The first-order valence-electron chi connectivity index (χ1n) is 8.81. The van der Waals surface area contributed by atoms with Crippen molar-refractivity contribution in [3.05, 3.63) is 12.7 Å². The fourth-order valence-corrected chi connectivity index (χ4v) is 2.83. The van der Waals surface area contributed by atoms with E-state index in [1.165, 1.54) is 12.8 Å². The first-order chi connectivity index (χ1) is 10.9. The predicted octanol–water partition coefficient (Wildman–Crippen LogP) is 3.25. The molecule has 0 aromatic heterocycles. The predicted molar refractivity (Wildman–Crippen MR) is 93.6 cm³/mol. The Bertz CT molecular complexity index is 353. The zero-order chi connectivity index (χ0) is 17.1. The second-order valence-corrected chi connectivity index (χ2v) is 7.18. The van der Waals surface area contributed by atoms with Crippen molar-refractivity contribution in [2.75, 3.05) is 26.3 Å². The molecule has 2 atom stereocenters. The molecule has 0 spiro atoms. The van der Waals surface area contributed by atoms with Gasteiger partial charge in [-0.2, -0.15) is 0 Å². The topological polar surface area (TPSA) is 59.6 Å². The highest BCUT2D eigenvalue weighted by Crippen LogP contribution is 2.24. The molecule has 1 amide bonds. The average Bonchev–Trinajstić information content (AvgIpc) is 2.48. The van der Waals surface area contributed by atoms with Crippen LogP contribution in [0.1, 0.15) is 52.9 Å². The van der Waals surface area contributed by atoms with Crippen molar-refractivity contribution in [3.63, 3.8) is 0 Å². The summed E-state index contributed by atoms with van der Waals surface area (Å²) in [6.07, 6.45) is 7.22. The molecule has 5 heteroatoms. The van der Waals surface area contributed by atoms with Gasteiger partial charge in [0.1, 0.15) is 5.60 Å². The summed E-state index contributed by atoms with van der Waals surface area (Å²) in [6.45, 7) is 12.3. The van der Waals surface area contributed by atoms with Crippen LogP contribution in [0.5, 0.6) is 0 Å². The van der Waals surface area contributed by atoms with E-state index in [-0.39, 0.29) is 6.09 Å². The molecule has 5 nitrogen and oxygen atoms in total. The summed E-state index contributed by atoms with van der Waals surface area (Å²) in [4.78, 5) is 11.8. The monoisotopic (exact) mass is 326 g/mol. The molecule has 0 aliphatic heterocycles. The highest BCUT2D eigenvalue weighted by atomic mass is 16.6. The molecule has 1 saturated carbocycles. The fourth-order valence-electron chi connectivity index (χ4n) is 2.83. The van der Waals surface area contributed by atoms with Gasteiger partial charge in [-0.3, -0.25) is 0 Å². The van der Waals surface area contributed by atoms with Crippen LogP contribution in [-0.2, 0) is 9.47 Å². The average molecular weight is 326 g/mol. The van der Waals surface area contributed by atoms with E-state index < -0.39 is 5.60 Å². The van der Waals surface area contributed by atoms with E-state index in [0.29, 0.717) is 18.5 Å². The number of rotatable bonds is 9. The largest absolute Gasteiger partial charge is 0.444 e. The smallest absolute Gasteiger partial charge is 0.407 e. The zero-order valence-corrected chi connectivity index (χ0v) is 15.0. The van der Waals surface area contributed by atoms with Gasteiger partial charge in [-0.15, -0.1) is 6.58 Å². The maximum absolute atomic E-state index is 11.8. The van der Waals surface area contributed by atoms with E-state index in [9.17, 15) is 4.79 Å². The van der Waals surface area contributed by atoms with Crippen molar-refractivity contribution >= 4 is 6.09 Å². The Hall–Kier alpha value is -1.07. The van der Waals surface area contributed by atoms with Gasteiger partial charge in [0.05, 0.1) is 13.2 Å². The highest BCUT2D eigenvalue weighted by molar-refractivity contribution is 5.67. The SMILES string of the molecule is C=CCCOCCNC1CCCCC1CNC(=O)OC(C)(C)C. The molecule has 23 heavy (non-hydrogen) atoms. The van der Waals surface area contributed by atoms with E-state index in [1.54, 1.807) is 0 Å². The maximum Gasteiger partial charge on any atom is 0.407 e. The number of amides is 1. The van der Waals surface area contributed by atoms with Crippen LogP contribution in [-0.4, -0.2) is 44.0 Å². The summed E-state index contributed by atoms with van der Waals surface area (Å²) in [5.41, 5.74) is -0.447. The highest BCUT2D eigenvalue weighted by Gasteiger charge is 2.25. The van der Waals surface area contributed by atoms with E-state index in [4.69, 9.17) is 9.47 Å². The molecule has 0 radical (unpaired) electrons. The standard InChI is InChI=1S/C18H34N2O3/c1-5-6-12-22-13-11-19-16-10-8-7-9-15(16)14-20-17(21)23-18(2,3)4/h5,15-16,19H,1,6-14H2,2-4H3,(H,20,21). The molecule has 0 heterocycles. The first kappa shape index (κ1) is 20.0. The van der Waals surface area contributed by atoms with E-state index in [2.05, 4.69) is 17.2 Å². The van der Waals surface area contributed by atoms with E-state index in [1.807, 2.05) is 26.8 Å². The minimum absolute atomic E-state index is 0.324. The number of hydrogen-bond acceptors (Lipinski definition) is 4. The Morgan fingerprint density at radius 1 is 1.26 bits per heavy atom. The van der Waals surface area contributed by atoms with Gasteiger partial charge in [-0.1, -0.05) is 18.9 Å². The third-order valence-electron chi connectivity index (χ3n) is 3.94. The van der Waals surface area contributed by atoms with Crippen LogP contribution in [0.2, 0.25) is 0 Å². The van der Waals surface area contributed by atoms with Gasteiger partial charge in [0.25, 0.3) is 0 Å². The van der Waals surface area contributed by atoms with Crippen LogP contribution in [0, 0.1) is 5.92 Å². The van der Waals surface area contributed by atoms with Crippen LogP contribution in [0.15, 0.2) is 12.7 Å². The summed E-state index contributed by atoms with van der Waals surface area (Å²) in [5.74, 6) is 0.462. The molecular formula is C18H34N2O3. The number of ether oxygens (including phenoxy) is 2. The molecule has 1 fully saturated rings. The van der Waals surface area contributed by atoms with Gasteiger partial charge < -0.3 is 20.1 Å². The number of alkyl carbamates (subject to hydrolysis) is 1. The Morgan fingerprint density at radius 3 is 2.70 bits per heavy atom. The Balaban J connectivity index is 2.25. The minimum atomic E-state index is -0.447. The number of nitrogens with one attached hydrogen (secondary N) is 2. The van der Waals surface area contributed by atoms with Gasteiger partial charge in [0.2, 0.25) is 0 Å². The van der Waals surface area contributed by atoms with Crippen LogP contribution in [0.4, 0.5) is 4.79 Å². The molecule has 0 aromatic carbocycles. The summed E-state index contributed by atoms with van der Waals surface area (Å²) >= 11 is 0. The molecule has 134 valence electrons. The lowest BCUT2D eigenvalue weighted by molar-refractivity contribution is 0.0509. The quantitative estimate of drug-likeness (QED) is 0.504. The molecule has 1 rings (SSSR count). The number of hydrogen-bond donors (Lipinski definition) is 2. The fraction of sp³-hybridized carbons (Fsp3) is 0.833. The van der Waals surface area contributed by atoms with Crippen molar-refractivity contribution < 1.29 is 14.3 Å². The molecule has 0 saturated heterocycles. The summed E-state index contributed by atoms with van der Waals surface area (Å²) in [7, 11) is 0. The van der Waals surface area contributed by atoms with Crippen LogP contribution in [0.25, 0.3) is 0 Å². The summed E-state index contributed by atoms with van der Waals surface area (Å²) < 4.78 is 10.8. The summed E-state index contributed by atoms with van der Waals surface area (Å²) in [6, 6.07) is 0.446. The van der Waals surface area contributed by atoms with Crippen molar-refractivity contribution in [2.45, 2.75) is 64.5 Å². The van der Waals surface area contributed by atoms with E-state index in [0.717, 1.165) is 39.0 Å². The lowest BCUT2D eigenvalue weighted by atomic mass is 9.84. The zero-order valence-electron chi connectivity index (χ0n) is 15.0. The molecule has 0 bridgehead atoms. The Kier molecular flexibility index (Phi) is 9.26. The number of carbonyl (C=O) groups is 1. The van der Waals surface area contributed by atoms with Gasteiger partial charge in [-0.05, 0) is 46.0 Å². The second-order valence-electron chi connectivity index (χ2n) is 7.18. The number of carbonyl (C=O) groups excluding carboxylic acids is 1. The van der Waals surface area contributed by atoms with Crippen molar-refractivity contribution in [3.8, 4) is 0 Å². The third kappa shape index (κ3) is 9.61. The van der Waals surface area contributed by atoms with Crippen molar-refractivity contribution in [1.29, 1.82) is 0 Å². The van der Waals surface area contributed by atoms with Crippen LogP contribution >= 0.6 is 0 Å². The molecule has 1 aliphatic rings. The second kappa shape index (κ2) is 10.7. The lowest BCUT2D eigenvalue weighted by Crippen LogP contribution is -2.45. The van der Waals surface area contributed by atoms with Gasteiger partial charge in [0, 0.05) is 19.1 Å². The lowest BCUT2D eigenvalue weighted by Gasteiger charge is -2.32. The van der Waals surface area contributed by atoms with Gasteiger partial charge in [0.15, 0.2) is 0 Å². The van der Waals surface area contributed by atoms with E-state index >= 15 is 0 Å². The Morgan fingerprint density at radius 2 is 2.00 bits per heavy atom. The van der Waals surface area contributed by atoms with Crippen LogP contribution in [0.3, 0.4) is 0 Å². The summed E-state index contributed by atoms with van der Waals surface area (Å²) in [5, 5.41) is 6.49.